The van der Waals surface area contributed by atoms with Gasteiger partial charge < -0.3 is 15.0 Å². The van der Waals surface area contributed by atoms with Crippen LogP contribution >= 0.6 is 31.6 Å². The summed E-state index contributed by atoms with van der Waals surface area (Å²) < 4.78 is 1.15. The van der Waals surface area contributed by atoms with Crippen molar-refractivity contribution in [2.24, 2.45) is 0 Å². The van der Waals surface area contributed by atoms with E-state index in [1.54, 1.807) is 6.92 Å². The average Bonchev–Trinajstić information content (AvgIpc) is 2.84. The summed E-state index contributed by atoms with van der Waals surface area (Å²) in [5, 5.41) is 19.5. The normalized spacial score (nSPS) is 11.1. The number of carbonyl (C=O) groups excluding carboxylic acids is 1. The van der Waals surface area contributed by atoms with Crippen LogP contribution in [0.3, 0.4) is 0 Å². The van der Waals surface area contributed by atoms with Crippen molar-refractivity contribution in [2.75, 3.05) is 0 Å². The van der Waals surface area contributed by atoms with Crippen molar-refractivity contribution in [3.05, 3.63) is 21.1 Å². The van der Waals surface area contributed by atoms with E-state index in [0.29, 0.717) is 20.1 Å². The van der Waals surface area contributed by atoms with Gasteiger partial charge in [-0.25, -0.2) is 9.97 Å². The summed E-state index contributed by atoms with van der Waals surface area (Å²) in [5.41, 5.74) is 0.988. The molecule has 0 radical (unpaired) electrons. The molecule has 2 heterocycles. The average molecular weight is 398 g/mol. The molecule has 2 aromatic heterocycles. The van der Waals surface area contributed by atoms with Crippen LogP contribution in [0.2, 0.25) is 0 Å². The van der Waals surface area contributed by atoms with Crippen molar-refractivity contribution in [3.8, 4) is 0 Å². The Morgan fingerprint density at radius 3 is 2.52 bits per heavy atom. The molecule has 0 saturated carbocycles. The predicted molar refractivity (Wildman–Crippen MR) is 85.2 cm³/mol. The molecular weight excluding hydrogens is 387 g/mol. The Kier molecular flexibility index (Phi) is 7.91. The van der Waals surface area contributed by atoms with Crippen molar-refractivity contribution in [1.82, 2.24) is 9.97 Å². The van der Waals surface area contributed by atoms with Gasteiger partial charge in [0, 0.05) is 22.1 Å². The van der Waals surface area contributed by atoms with Crippen LogP contribution in [0.1, 0.15) is 21.1 Å². The van der Waals surface area contributed by atoms with Crippen molar-refractivity contribution < 1.29 is 49.4 Å². The molecule has 23 heavy (non-hydrogen) atoms. The molecule has 2 rings (SSSR count). The largest absolute Gasteiger partial charge is 1.00 e. The first-order valence-corrected chi connectivity index (χ1v) is 9.82. The number of carbonyl (C=O) groups is 2. The van der Waals surface area contributed by atoms with Crippen LogP contribution in [0, 0.1) is 13.8 Å². The van der Waals surface area contributed by atoms with E-state index in [2.05, 4.69) is 9.97 Å². The summed E-state index contributed by atoms with van der Waals surface area (Å²) in [6, 6.07) is 0. The van der Waals surface area contributed by atoms with Crippen molar-refractivity contribution >= 4 is 56.2 Å². The fourth-order valence-corrected chi connectivity index (χ4v) is 7.36. The number of carboxylic acid groups (broad SMARTS) is 2. The van der Waals surface area contributed by atoms with E-state index in [1.807, 2.05) is 6.92 Å². The van der Waals surface area contributed by atoms with Gasteiger partial charge in [0.05, 0.1) is 17.8 Å². The SMILES string of the molecule is Cc1sc(S[s+]2c([S-])nc(CC(=O)O)c2C)nc1CC(=O)[O-].[Na+]. The monoisotopic (exact) mass is 398 g/mol. The first kappa shape index (κ1) is 20.8. The number of nitrogens with zero attached hydrogens (tertiary/aromatic N) is 2. The molecule has 0 aromatic carbocycles. The fraction of sp³-hybridized carbons (Fsp3) is 0.333. The van der Waals surface area contributed by atoms with Crippen LogP contribution in [0.15, 0.2) is 8.68 Å². The van der Waals surface area contributed by atoms with Crippen LogP contribution in [0.4, 0.5) is 0 Å². The second-order valence-corrected chi connectivity index (χ2v) is 10.0. The Morgan fingerprint density at radius 1 is 1.30 bits per heavy atom. The molecule has 11 heteroatoms. The quantitative estimate of drug-likeness (QED) is 0.266. The minimum absolute atomic E-state index is 0. The molecule has 6 nitrogen and oxygen atoms in total. The maximum Gasteiger partial charge on any atom is 1.00 e. The van der Waals surface area contributed by atoms with Crippen LogP contribution < -0.4 is 34.7 Å². The van der Waals surface area contributed by atoms with Crippen LogP contribution in [-0.2, 0) is 35.1 Å². The van der Waals surface area contributed by atoms with Gasteiger partial charge in [-0.1, -0.05) is 0 Å². The second-order valence-electron chi connectivity index (χ2n) is 4.33. The van der Waals surface area contributed by atoms with E-state index in [-0.39, 0.29) is 42.4 Å². The van der Waals surface area contributed by atoms with Crippen LogP contribution in [0.25, 0.3) is 0 Å². The van der Waals surface area contributed by atoms with Gasteiger partial charge in [0.25, 0.3) is 0 Å². The third kappa shape index (κ3) is 5.38. The molecule has 0 spiro atoms. The van der Waals surface area contributed by atoms with Crippen molar-refractivity contribution in [1.29, 1.82) is 0 Å². The molecule has 0 amide bonds. The third-order valence-corrected chi connectivity index (χ3v) is 9.06. The smallest absolute Gasteiger partial charge is 0.550 e. The molecule has 2 aromatic rings. The van der Waals surface area contributed by atoms with Crippen LogP contribution in [-0.4, -0.2) is 27.0 Å². The maximum atomic E-state index is 10.8. The van der Waals surface area contributed by atoms with Gasteiger partial charge in [0.2, 0.25) is 0 Å². The van der Waals surface area contributed by atoms with E-state index in [1.165, 1.54) is 22.1 Å². The zero-order chi connectivity index (χ0) is 16.4. The van der Waals surface area contributed by atoms with E-state index < -0.39 is 21.4 Å². The van der Waals surface area contributed by atoms with E-state index in [4.69, 9.17) is 17.7 Å². The number of rotatable bonds is 6. The zero-order valence-corrected chi connectivity index (χ0v) is 17.9. The molecule has 118 valence electrons. The Morgan fingerprint density at radius 2 is 1.96 bits per heavy atom. The van der Waals surface area contributed by atoms with Gasteiger partial charge in [-0.3, -0.25) is 4.79 Å². The first-order valence-electron chi connectivity index (χ1n) is 6.04. The molecule has 0 saturated heterocycles. The number of aromatic nitrogens is 2. The van der Waals surface area contributed by atoms with Gasteiger partial charge in [-0.05, 0) is 37.3 Å². The number of thiazole rings is 2. The topological polar surface area (TPSA) is 103 Å². The molecule has 0 bridgehead atoms. The van der Waals surface area contributed by atoms with Crippen molar-refractivity contribution in [2.45, 2.75) is 35.4 Å². The summed E-state index contributed by atoms with van der Waals surface area (Å²) in [5.74, 6) is -2.11. The molecule has 0 aliphatic rings. The summed E-state index contributed by atoms with van der Waals surface area (Å²) in [4.78, 5) is 31.6. The molecule has 0 aliphatic carbocycles. The minimum atomic E-state index is -1.17. The van der Waals surface area contributed by atoms with Gasteiger partial charge in [0.1, 0.15) is 0 Å². The molecular formula is C12H11N2NaO4S4. The van der Waals surface area contributed by atoms with Gasteiger partial charge >= 0.3 is 35.5 Å². The van der Waals surface area contributed by atoms with Gasteiger partial charge in [-0.2, -0.15) is 0 Å². The number of carboxylic acids is 2. The van der Waals surface area contributed by atoms with E-state index in [0.717, 1.165) is 9.75 Å². The first-order chi connectivity index (χ1) is 10.3. The summed E-state index contributed by atoms with van der Waals surface area (Å²) >= 11 is 6.61. The summed E-state index contributed by atoms with van der Waals surface area (Å²) in [6.07, 6.45) is -0.368. The van der Waals surface area contributed by atoms with Crippen molar-refractivity contribution in [3.63, 3.8) is 0 Å². The molecule has 0 aliphatic heterocycles. The fourth-order valence-electron chi connectivity index (χ4n) is 1.68. The Bertz CT molecular complexity index is 744. The van der Waals surface area contributed by atoms with Gasteiger partial charge in [0.15, 0.2) is 8.68 Å². The standard InChI is InChI=1S/C12H12N2O4S4.Na/c1-5-7(3-9(15)16)14-12(20-5)21-22-6(2)8(4-10(17)18)13-11(22)19;/h3-4H2,1-2H3,(H2-,13,15,16,17,18,19);/q;+1/p-1. The number of hydrogen-bond acceptors (Lipinski definition) is 8. The minimum Gasteiger partial charge on any atom is -0.550 e. The predicted octanol–water partition coefficient (Wildman–Crippen LogP) is -1.71. The van der Waals surface area contributed by atoms with Crippen LogP contribution in [0.5, 0.6) is 0 Å². The molecule has 1 N–H and O–H groups in total. The Hall–Kier alpha value is -0.230. The molecule has 1 atom stereocenters. The van der Waals surface area contributed by atoms with E-state index in [9.17, 15) is 14.7 Å². The molecule has 1 unspecified atom stereocenters. The number of aryl methyl sites for hydroxylation is 1. The van der Waals surface area contributed by atoms with Gasteiger partial charge in [-0.15, -0.1) is 20.8 Å². The Balaban J connectivity index is 0.00000264. The summed E-state index contributed by atoms with van der Waals surface area (Å²) in [7, 11) is 0.857. The summed E-state index contributed by atoms with van der Waals surface area (Å²) in [6.45, 7) is 3.62. The zero-order valence-electron chi connectivity index (χ0n) is 12.6. The third-order valence-electron chi connectivity index (χ3n) is 2.73. The molecule has 0 fully saturated rings. The number of hydrogen-bond donors (Lipinski definition) is 1. The second kappa shape index (κ2) is 8.75. The number of aliphatic carboxylic acids is 2. The maximum absolute atomic E-state index is 10.8. The Labute approximate surface area is 170 Å². The van der Waals surface area contributed by atoms with E-state index >= 15 is 0 Å².